The lowest BCUT2D eigenvalue weighted by atomic mass is 10.2. The molecule has 0 atom stereocenters. The largest absolute Gasteiger partial charge is 0.497 e. The molecule has 0 heterocycles. The van der Waals surface area contributed by atoms with Gasteiger partial charge < -0.3 is 20.3 Å². The predicted molar refractivity (Wildman–Crippen MR) is 75.1 cm³/mol. The molecule has 0 fully saturated rings. The first-order valence-corrected chi connectivity index (χ1v) is 5.98. The van der Waals surface area contributed by atoms with Crippen molar-refractivity contribution < 1.29 is 19.4 Å². The van der Waals surface area contributed by atoms with E-state index in [-0.39, 0.29) is 12.2 Å². The molecule has 0 aliphatic carbocycles. The maximum absolute atomic E-state index is 11.1. The van der Waals surface area contributed by atoms with Gasteiger partial charge in [0.2, 0.25) is 0 Å². The molecule has 2 rings (SSSR count). The van der Waals surface area contributed by atoms with Gasteiger partial charge in [0.05, 0.1) is 7.11 Å². The zero-order valence-corrected chi connectivity index (χ0v) is 11.0. The first kappa shape index (κ1) is 13.7. The van der Waals surface area contributed by atoms with Crippen LogP contribution in [0.5, 0.6) is 11.5 Å². The molecular weight excluding hydrogens is 258 g/mol. The number of nitrogens with two attached hydrogens (primary N) is 1. The monoisotopic (exact) mass is 273 g/mol. The normalized spacial score (nSPS) is 10.1. The fourth-order valence-corrected chi connectivity index (χ4v) is 1.72. The van der Waals surface area contributed by atoms with E-state index >= 15 is 0 Å². The Kier molecular flexibility index (Phi) is 4.10. The van der Waals surface area contributed by atoms with Gasteiger partial charge in [-0.2, -0.15) is 0 Å². The molecule has 0 radical (unpaired) electrons. The Morgan fingerprint density at radius 3 is 2.50 bits per heavy atom. The number of carboxylic acid groups (broad SMARTS) is 1. The Labute approximate surface area is 116 Å². The van der Waals surface area contributed by atoms with Crippen LogP contribution in [0.15, 0.2) is 42.5 Å². The maximum atomic E-state index is 11.1. The Hall–Kier alpha value is -2.69. The zero-order valence-electron chi connectivity index (χ0n) is 11.0. The summed E-state index contributed by atoms with van der Waals surface area (Å²) in [5.74, 6) is -0.0167. The Morgan fingerprint density at radius 2 is 1.90 bits per heavy atom. The molecule has 0 saturated heterocycles. The summed E-state index contributed by atoms with van der Waals surface area (Å²) in [7, 11) is 1.60. The average molecular weight is 273 g/mol. The van der Waals surface area contributed by atoms with Crippen LogP contribution in [0.3, 0.4) is 0 Å². The predicted octanol–water partition coefficient (Wildman–Crippen LogP) is 2.55. The van der Waals surface area contributed by atoms with Gasteiger partial charge in [-0.15, -0.1) is 0 Å². The lowest BCUT2D eigenvalue weighted by Crippen LogP contribution is -2.04. The van der Waals surface area contributed by atoms with Crippen molar-refractivity contribution in [2.75, 3.05) is 12.8 Å². The number of ether oxygens (including phenoxy) is 2. The molecule has 0 spiro atoms. The summed E-state index contributed by atoms with van der Waals surface area (Å²) in [5, 5.41) is 9.10. The molecule has 5 heteroatoms. The van der Waals surface area contributed by atoms with Crippen molar-refractivity contribution in [2.24, 2.45) is 0 Å². The van der Waals surface area contributed by atoms with Crippen molar-refractivity contribution in [1.29, 1.82) is 0 Å². The highest BCUT2D eigenvalue weighted by atomic mass is 16.5. The molecular formula is C15H15NO4. The lowest BCUT2D eigenvalue weighted by molar-refractivity contribution is 0.0692. The van der Waals surface area contributed by atoms with Crippen LogP contribution in [-0.4, -0.2) is 18.2 Å². The van der Waals surface area contributed by atoms with E-state index in [1.807, 2.05) is 24.3 Å². The summed E-state index contributed by atoms with van der Waals surface area (Å²) in [6, 6.07) is 11.9. The van der Waals surface area contributed by atoms with Crippen LogP contribution < -0.4 is 15.2 Å². The number of nitrogen functional groups attached to an aromatic ring is 1. The molecule has 0 bridgehead atoms. The van der Waals surface area contributed by atoms with Gasteiger partial charge >= 0.3 is 5.97 Å². The van der Waals surface area contributed by atoms with Crippen LogP contribution in [-0.2, 0) is 6.61 Å². The van der Waals surface area contributed by atoms with Crippen molar-refractivity contribution in [1.82, 2.24) is 0 Å². The number of benzene rings is 2. The number of anilines is 1. The summed E-state index contributed by atoms with van der Waals surface area (Å²) < 4.78 is 10.6. The van der Waals surface area contributed by atoms with E-state index in [0.29, 0.717) is 11.4 Å². The second-order valence-corrected chi connectivity index (χ2v) is 4.20. The third-order valence-corrected chi connectivity index (χ3v) is 2.79. The molecule has 0 aliphatic heterocycles. The first-order valence-electron chi connectivity index (χ1n) is 5.98. The highest BCUT2D eigenvalue weighted by Crippen LogP contribution is 2.23. The third-order valence-electron chi connectivity index (χ3n) is 2.79. The topological polar surface area (TPSA) is 81.8 Å². The molecule has 5 nitrogen and oxygen atoms in total. The van der Waals surface area contributed by atoms with Crippen molar-refractivity contribution in [3.8, 4) is 11.5 Å². The van der Waals surface area contributed by atoms with E-state index in [0.717, 1.165) is 11.3 Å². The molecule has 0 saturated carbocycles. The molecule has 3 N–H and O–H groups in total. The second kappa shape index (κ2) is 5.97. The summed E-state index contributed by atoms with van der Waals surface area (Å²) in [6.07, 6.45) is 0. The molecule has 0 aromatic heterocycles. The van der Waals surface area contributed by atoms with Crippen LogP contribution in [0.2, 0.25) is 0 Å². The van der Waals surface area contributed by atoms with Gasteiger partial charge in [0.25, 0.3) is 0 Å². The minimum Gasteiger partial charge on any atom is -0.497 e. The van der Waals surface area contributed by atoms with E-state index in [4.69, 9.17) is 20.3 Å². The minimum absolute atomic E-state index is 0.0542. The third kappa shape index (κ3) is 3.20. The number of methoxy groups -OCH3 is 1. The average Bonchev–Trinajstić information content (AvgIpc) is 2.46. The van der Waals surface area contributed by atoms with E-state index in [9.17, 15) is 4.79 Å². The highest BCUT2D eigenvalue weighted by molar-refractivity contribution is 5.92. The number of rotatable bonds is 5. The molecule has 0 unspecified atom stereocenters. The molecule has 2 aromatic rings. The van der Waals surface area contributed by atoms with Gasteiger partial charge in [0, 0.05) is 5.69 Å². The van der Waals surface area contributed by atoms with Gasteiger partial charge in [-0.1, -0.05) is 12.1 Å². The Morgan fingerprint density at radius 1 is 1.20 bits per heavy atom. The van der Waals surface area contributed by atoms with Gasteiger partial charge in [-0.3, -0.25) is 0 Å². The number of hydrogen-bond donors (Lipinski definition) is 2. The zero-order chi connectivity index (χ0) is 14.5. The smallest absolute Gasteiger partial charge is 0.339 e. The first-order chi connectivity index (χ1) is 9.60. The van der Waals surface area contributed by atoms with Gasteiger partial charge in [-0.05, 0) is 35.9 Å². The Balaban J connectivity index is 2.12. The second-order valence-electron chi connectivity index (χ2n) is 4.20. The van der Waals surface area contributed by atoms with Crippen LogP contribution in [0.4, 0.5) is 5.69 Å². The van der Waals surface area contributed by atoms with E-state index < -0.39 is 5.97 Å². The van der Waals surface area contributed by atoms with Crippen LogP contribution in [0, 0.1) is 0 Å². The molecule has 104 valence electrons. The standard InChI is InChI=1S/C15H15NO4/c1-19-12-5-2-10(3-6-12)9-20-14-7-4-11(16)8-13(14)15(17)18/h2-8H,9,16H2,1H3,(H,17,18). The fourth-order valence-electron chi connectivity index (χ4n) is 1.72. The van der Waals surface area contributed by atoms with Gasteiger partial charge in [0.1, 0.15) is 23.7 Å². The van der Waals surface area contributed by atoms with Gasteiger partial charge in [-0.25, -0.2) is 4.79 Å². The molecule has 0 aliphatic rings. The van der Waals surface area contributed by atoms with E-state index in [1.165, 1.54) is 6.07 Å². The van der Waals surface area contributed by atoms with Crippen molar-refractivity contribution >= 4 is 11.7 Å². The number of hydrogen-bond acceptors (Lipinski definition) is 4. The van der Waals surface area contributed by atoms with Crippen molar-refractivity contribution in [2.45, 2.75) is 6.61 Å². The fraction of sp³-hybridized carbons (Fsp3) is 0.133. The summed E-state index contributed by atoms with van der Waals surface area (Å²) >= 11 is 0. The van der Waals surface area contributed by atoms with E-state index in [1.54, 1.807) is 19.2 Å². The summed E-state index contributed by atoms with van der Waals surface area (Å²) in [6.45, 7) is 0.272. The molecule has 0 amide bonds. The molecule has 2 aromatic carbocycles. The lowest BCUT2D eigenvalue weighted by Gasteiger charge is -2.10. The summed E-state index contributed by atoms with van der Waals surface area (Å²) in [5.41, 5.74) is 6.93. The van der Waals surface area contributed by atoms with Gasteiger partial charge in [0.15, 0.2) is 0 Å². The highest BCUT2D eigenvalue weighted by Gasteiger charge is 2.11. The SMILES string of the molecule is COc1ccc(COc2ccc(N)cc2C(=O)O)cc1. The van der Waals surface area contributed by atoms with Crippen molar-refractivity contribution in [3.05, 3.63) is 53.6 Å². The minimum atomic E-state index is -1.07. The maximum Gasteiger partial charge on any atom is 0.339 e. The Bertz CT molecular complexity index is 608. The number of carboxylic acids is 1. The summed E-state index contributed by atoms with van der Waals surface area (Å²) in [4.78, 5) is 11.1. The van der Waals surface area contributed by atoms with Crippen LogP contribution in [0.25, 0.3) is 0 Å². The van der Waals surface area contributed by atoms with Crippen LogP contribution >= 0.6 is 0 Å². The van der Waals surface area contributed by atoms with Crippen molar-refractivity contribution in [3.63, 3.8) is 0 Å². The van der Waals surface area contributed by atoms with E-state index in [2.05, 4.69) is 0 Å². The molecule has 20 heavy (non-hydrogen) atoms. The quantitative estimate of drug-likeness (QED) is 0.818. The van der Waals surface area contributed by atoms with Crippen LogP contribution in [0.1, 0.15) is 15.9 Å². The number of carbonyl (C=O) groups is 1. The number of aromatic carboxylic acids is 1.